The molecule has 3 amide bonds. The van der Waals surface area contributed by atoms with Crippen LogP contribution < -0.4 is 10.2 Å². The fourth-order valence-corrected chi connectivity index (χ4v) is 6.39. The Balaban J connectivity index is 1.10. The smallest absolute Gasteiger partial charge is 0.338 e. The summed E-state index contributed by atoms with van der Waals surface area (Å²) >= 11 is 0. The van der Waals surface area contributed by atoms with E-state index in [1.165, 1.54) is 15.9 Å². The molecule has 1 aromatic heterocycles. The van der Waals surface area contributed by atoms with Crippen LogP contribution in [0.15, 0.2) is 79.1 Å². The number of carbonyl (C=O) groups excluding carboxylic acids is 4. The molecule has 1 saturated carbocycles. The molecule has 6 rings (SSSR count). The van der Waals surface area contributed by atoms with Crippen LogP contribution in [0.4, 0.5) is 10.1 Å². The largest absolute Gasteiger partial charge is 0.459 e. The first-order valence-corrected chi connectivity index (χ1v) is 16.0. The van der Waals surface area contributed by atoms with E-state index in [9.17, 15) is 23.6 Å². The molecule has 48 heavy (non-hydrogen) atoms. The van der Waals surface area contributed by atoms with Crippen LogP contribution in [0.5, 0.6) is 0 Å². The number of halogens is 1. The van der Waals surface area contributed by atoms with Crippen molar-refractivity contribution in [2.24, 2.45) is 5.92 Å². The number of nitrogens with zero attached hydrogens (tertiary/aromatic N) is 3. The van der Waals surface area contributed by atoms with Crippen molar-refractivity contribution in [2.75, 3.05) is 18.5 Å². The minimum atomic E-state index is -0.838. The molecule has 0 saturated heterocycles. The molecule has 2 aliphatic rings. The van der Waals surface area contributed by atoms with Crippen molar-refractivity contribution < 1.29 is 28.3 Å². The number of ether oxygens (including phenoxy) is 1. The Morgan fingerprint density at radius 3 is 2.44 bits per heavy atom. The third-order valence-electron chi connectivity index (χ3n) is 9.21. The molecule has 4 aromatic rings. The highest BCUT2D eigenvalue weighted by molar-refractivity contribution is 6.11. The van der Waals surface area contributed by atoms with Gasteiger partial charge < -0.3 is 19.9 Å². The van der Waals surface area contributed by atoms with Gasteiger partial charge in [-0.2, -0.15) is 0 Å². The Morgan fingerprint density at radius 2 is 1.71 bits per heavy atom. The Hall–Kier alpha value is -5.38. The SMILES string of the molecule is Cc1ccc(C(=O)O[C@H]2C[C@@H](CNC(=O)c3cc(F)cc(CN4C(=O)c5ccc(-c6ccncc6)cc5N(C)C(=O)[C@H]4C)c3)C2)c(C)c1. The maximum Gasteiger partial charge on any atom is 0.338 e. The van der Waals surface area contributed by atoms with E-state index in [1.807, 2.05) is 44.2 Å². The number of aromatic nitrogens is 1. The summed E-state index contributed by atoms with van der Waals surface area (Å²) in [7, 11) is 1.63. The number of carbonyl (C=O) groups is 4. The molecule has 0 spiro atoms. The lowest BCUT2D eigenvalue weighted by Gasteiger charge is -2.34. The van der Waals surface area contributed by atoms with Gasteiger partial charge in [0.15, 0.2) is 0 Å². The van der Waals surface area contributed by atoms with Crippen molar-refractivity contribution in [2.45, 2.75) is 52.3 Å². The van der Waals surface area contributed by atoms with Crippen molar-refractivity contribution in [3.05, 3.63) is 118 Å². The van der Waals surface area contributed by atoms with Gasteiger partial charge in [0.05, 0.1) is 16.8 Å². The van der Waals surface area contributed by atoms with Gasteiger partial charge in [-0.25, -0.2) is 9.18 Å². The third kappa shape index (κ3) is 6.69. The molecule has 1 fully saturated rings. The number of benzene rings is 3. The summed E-state index contributed by atoms with van der Waals surface area (Å²) in [4.78, 5) is 59.9. The number of amides is 3. The first kappa shape index (κ1) is 32.6. The summed E-state index contributed by atoms with van der Waals surface area (Å²) in [6, 6.07) is 17.7. The Morgan fingerprint density at radius 1 is 0.958 bits per heavy atom. The molecular weight excluding hydrogens is 611 g/mol. The average Bonchev–Trinajstić information content (AvgIpc) is 3.11. The molecule has 1 aliphatic heterocycles. The average molecular weight is 649 g/mol. The number of rotatable bonds is 8. The zero-order valence-electron chi connectivity index (χ0n) is 27.3. The van der Waals surface area contributed by atoms with Crippen LogP contribution in [0.1, 0.15) is 67.5 Å². The number of hydrogen-bond acceptors (Lipinski definition) is 6. The van der Waals surface area contributed by atoms with E-state index in [0.717, 1.165) is 28.3 Å². The zero-order chi connectivity index (χ0) is 34.1. The summed E-state index contributed by atoms with van der Waals surface area (Å²) in [6.07, 6.45) is 4.37. The Kier molecular flexibility index (Phi) is 9.08. The number of likely N-dealkylation sites (N-methyl/N-ethyl adjacent to an activating group) is 1. The molecule has 1 N–H and O–H groups in total. The number of aryl methyl sites for hydroxylation is 2. The topological polar surface area (TPSA) is 109 Å². The lowest BCUT2D eigenvalue weighted by Crippen LogP contribution is -2.45. The number of fused-ring (bicyclic) bond motifs is 1. The standard InChI is InChI=1S/C38H37FN4O5/c1-22-5-7-32(23(2)13-22)38(47)48-31-16-25(17-31)20-41-35(44)29-14-26(15-30(39)18-29)21-43-24(3)36(45)42(4)34-19-28(6-8-33(34)37(43)46)27-9-11-40-12-10-27/h5-15,18-19,24-25,31H,16-17,20-21H2,1-4H3,(H,41,44)/t24-,25-,31+/m1/s1. The van der Waals surface area contributed by atoms with E-state index >= 15 is 0 Å². The number of anilines is 1. The highest BCUT2D eigenvalue weighted by atomic mass is 19.1. The van der Waals surface area contributed by atoms with E-state index < -0.39 is 17.8 Å². The highest BCUT2D eigenvalue weighted by Crippen LogP contribution is 2.33. The van der Waals surface area contributed by atoms with Crippen molar-refractivity contribution in [3.63, 3.8) is 0 Å². The molecule has 10 heteroatoms. The van der Waals surface area contributed by atoms with E-state index in [1.54, 1.807) is 50.6 Å². The fraction of sp³-hybridized carbons (Fsp3) is 0.289. The third-order valence-corrected chi connectivity index (χ3v) is 9.21. The first-order valence-electron chi connectivity index (χ1n) is 16.0. The van der Waals surface area contributed by atoms with E-state index in [0.29, 0.717) is 41.8 Å². The molecule has 1 atom stereocenters. The van der Waals surface area contributed by atoms with E-state index in [2.05, 4.69) is 10.3 Å². The van der Waals surface area contributed by atoms with Crippen LogP contribution >= 0.6 is 0 Å². The van der Waals surface area contributed by atoms with Crippen molar-refractivity contribution in [1.82, 2.24) is 15.2 Å². The number of pyridine rings is 1. The van der Waals surface area contributed by atoms with Crippen LogP contribution in [0, 0.1) is 25.6 Å². The summed E-state index contributed by atoms with van der Waals surface area (Å²) in [5.74, 6) is -1.97. The van der Waals surface area contributed by atoms with Gasteiger partial charge in [0, 0.05) is 38.1 Å². The van der Waals surface area contributed by atoms with Gasteiger partial charge in [-0.3, -0.25) is 19.4 Å². The fourth-order valence-electron chi connectivity index (χ4n) is 6.39. The van der Waals surface area contributed by atoms with Gasteiger partial charge in [0.2, 0.25) is 5.91 Å². The van der Waals surface area contributed by atoms with Crippen LogP contribution in [0.25, 0.3) is 11.1 Å². The van der Waals surface area contributed by atoms with Crippen LogP contribution in [-0.4, -0.2) is 59.3 Å². The monoisotopic (exact) mass is 648 g/mol. The minimum absolute atomic E-state index is 0.0701. The van der Waals surface area contributed by atoms with Gasteiger partial charge in [0.25, 0.3) is 11.8 Å². The summed E-state index contributed by atoms with van der Waals surface area (Å²) in [6.45, 7) is 5.77. The highest BCUT2D eigenvalue weighted by Gasteiger charge is 2.36. The van der Waals surface area contributed by atoms with Gasteiger partial charge in [-0.1, -0.05) is 23.8 Å². The zero-order valence-corrected chi connectivity index (χ0v) is 27.3. The van der Waals surface area contributed by atoms with Gasteiger partial charge >= 0.3 is 5.97 Å². The van der Waals surface area contributed by atoms with Crippen molar-refractivity contribution in [1.29, 1.82) is 0 Å². The molecule has 0 unspecified atom stereocenters. The second-order valence-electron chi connectivity index (χ2n) is 12.7. The number of esters is 1. The van der Waals surface area contributed by atoms with Crippen molar-refractivity contribution >= 4 is 29.4 Å². The van der Waals surface area contributed by atoms with E-state index in [4.69, 9.17) is 4.74 Å². The second-order valence-corrected chi connectivity index (χ2v) is 12.7. The maximum atomic E-state index is 14.8. The summed E-state index contributed by atoms with van der Waals surface area (Å²) in [5.41, 5.74) is 5.54. The molecule has 9 nitrogen and oxygen atoms in total. The number of hydrogen-bond donors (Lipinski definition) is 1. The van der Waals surface area contributed by atoms with Gasteiger partial charge in [-0.15, -0.1) is 0 Å². The predicted octanol–water partition coefficient (Wildman–Crippen LogP) is 5.88. The normalized spacial score (nSPS) is 18.9. The van der Waals surface area contributed by atoms with Gasteiger partial charge in [-0.05, 0) is 110 Å². The van der Waals surface area contributed by atoms with E-state index in [-0.39, 0.29) is 41.9 Å². The summed E-state index contributed by atoms with van der Waals surface area (Å²) < 4.78 is 20.5. The lowest BCUT2D eigenvalue weighted by atomic mass is 9.82. The number of nitrogens with one attached hydrogen (secondary N) is 1. The Labute approximate surface area is 278 Å². The van der Waals surface area contributed by atoms with Crippen LogP contribution in [0.3, 0.4) is 0 Å². The van der Waals surface area contributed by atoms with Crippen LogP contribution in [-0.2, 0) is 16.1 Å². The molecular formula is C38H37FN4O5. The molecule has 0 bridgehead atoms. The maximum absolute atomic E-state index is 14.8. The Bertz CT molecular complexity index is 1910. The second kappa shape index (κ2) is 13.4. The molecule has 0 radical (unpaired) electrons. The molecule has 2 heterocycles. The lowest BCUT2D eigenvalue weighted by molar-refractivity contribution is -0.122. The van der Waals surface area contributed by atoms with Gasteiger partial charge in [0.1, 0.15) is 18.0 Å². The minimum Gasteiger partial charge on any atom is -0.459 e. The quantitative estimate of drug-likeness (QED) is 0.239. The van der Waals surface area contributed by atoms with Crippen LogP contribution in [0.2, 0.25) is 0 Å². The molecule has 246 valence electrons. The van der Waals surface area contributed by atoms with Crippen molar-refractivity contribution in [3.8, 4) is 11.1 Å². The summed E-state index contributed by atoms with van der Waals surface area (Å²) in [5, 5.41) is 2.86. The predicted molar refractivity (Wildman–Crippen MR) is 179 cm³/mol. The first-order chi connectivity index (χ1) is 23.0. The molecule has 1 aliphatic carbocycles. The molecule has 3 aromatic carbocycles.